The van der Waals surface area contributed by atoms with E-state index in [0.717, 1.165) is 32.2 Å². The number of nitrogens with one attached hydrogen (secondary N) is 1. The van der Waals surface area contributed by atoms with Crippen LogP contribution < -0.4 is 4.72 Å². The zero-order chi connectivity index (χ0) is 16.6. The van der Waals surface area contributed by atoms with E-state index in [1.54, 1.807) is 0 Å². The minimum atomic E-state index is -3.67. The lowest BCUT2D eigenvalue weighted by molar-refractivity contribution is 0.0627. The summed E-state index contributed by atoms with van der Waals surface area (Å²) in [6, 6.07) is 3.34. The molecule has 2 fully saturated rings. The molecule has 3 rings (SSSR count). The van der Waals surface area contributed by atoms with Gasteiger partial charge >= 0.3 is 0 Å². The Kier molecular flexibility index (Phi) is 4.48. The zero-order valence-electron chi connectivity index (χ0n) is 13.5. The number of nitrogens with zero attached hydrogens (tertiary/aromatic N) is 2. The maximum absolute atomic E-state index is 12.7. The summed E-state index contributed by atoms with van der Waals surface area (Å²) < 4.78 is 31.0. The highest BCUT2D eigenvalue weighted by Gasteiger charge is 2.39. The van der Waals surface area contributed by atoms with Gasteiger partial charge in [-0.2, -0.15) is 0 Å². The van der Waals surface area contributed by atoms with Crippen molar-refractivity contribution >= 4 is 15.9 Å². The number of hydrogen-bond acceptors (Lipinski definition) is 5. The van der Waals surface area contributed by atoms with Gasteiger partial charge in [-0.1, -0.05) is 0 Å². The van der Waals surface area contributed by atoms with Gasteiger partial charge in [0.05, 0.1) is 0 Å². The molecule has 1 N–H and O–H groups in total. The Morgan fingerprint density at radius 2 is 1.91 bits per heavy atom. The second-order valence-corrected chi connectivity index (χ2v) is 8.04. The van der Waals surface area contributed by atoms with Crippen LogP contribution in [-0.2, 0) is 10.0 Å². The van der Waals surface area contributed by atoms with Crippen molar-refractivity contribution in [2.24, 2.45) is 0 Å². The predicted octanol–water partition coefficient (Wildman–Crippen LogP) is 0.886. The fourth-order valence-electron chi connectivity index (χ4n) is 3.69. The molecule has 0 unspecified atom stereocenters. The molecule has 0 spiro atoms. The molecule has 0 aliphatic carbocycles. The van der Waals surface area contributed by atoms with Gasteiger partial charge in [0.15, 0.2) is 5.76 Å². The third-order valence-electron chi connectivity index (χ3n) is 4.91. The Hall–Kier alpha value is -1.38. The summed E-state index contributed by atoms with van der Waals surface area (Å²) in [7, 11) is -0.256. The number of sulfonamides is 1. The lowest BCUT2D eigenvalue weighted by Gasteiger charge is -2.32. The molecule has 1 aromatic heterocycles. The van der Waals surface area contributed by atoms with Gasteiger partial charge in [0.2, 0.25) is 5.09 Å². The smallest absolute Gasteiger partial charge is 0.289 e. The minimum absolute atomic E-state index is 0.0892. The predicted molar refractivity (Wildman–Crippen MR) is 84.7 cm³/mol. The summed E-state index contributed by atoms with van der Waals surface area (Å²) in [6.45, 7) is 1.76. The summed E-state index contributed by atoms with van der Waals surface area (Å²) in [4.78, 5) is 16.9. The van der Waals surface area contributed by atoms with Crippen molar-refractivity contribution < 1.29 is 17.6 Å². The van der Waals surface area contributed by atoms with Crippen molar-refractivity contribution in [3.63, 3.8) is 0 Å². The van der Waals surface area contributed by atoms with Crippen molar-refractivity contribution in [3.05, 3.63) is 17.9 Å². The first kappa shape index (κ1) is 16.5. The van der Waals surface area contributed by atoms with Crippen LogP contribution in [0.25, 0.3) is 0 Å². The maximum atomic E-state index is 12.7. The largest absolute Gasteiger partial charge is 0.438 e. The second kappa shape index (κ2) is 6.26. The molecule has 0 aromatic carbocycles. The van der Waals surface area contributed by atoms with Crippen LogP contribution in [0.5, 0.6) is 0 Å². The van der Waals surface area contributed by atoms with Gasteiger partial charge in [0, 0.05) is 18.6 Å². The molecule has 23 heavy (non-hydrogen) atoms. The number of rotatable bonds is 4. The first-order valence-corrected chi connectivity index (χ1v) is 9.47. The van der Waals surface area contributed by atoms with Crippen LogP contribution in [0.4, 0.5) is 0 Å². The minimum Gasteiger partial charge on any atom is -0.438 e. The van der Waals surface area contributed by atoms with Gasteiger partial charge in [-0.05, 0) is 58.5 Å². The fourth-order valence-corrected chi connectivity index (χ4v) is 4.34. The molecule has 0 saturated carbocycles. The molecule has 3 heterocycles. The quantitative estimate of drug-likeness (QED) is 0.879. The van der Waals surface area contributed by atoms with E-state index in [-0.39, 0.29) is 22.8 Å². The van der Waals surface area contributed by atoms with E-state index < -0.39 is 10.0 Å². The highest BCUT2D eigenvalue weighted by molar-refractivity contribution is 7.89. The molecule has 0 radical (unpaired) electrons. The van der Waals surface area contributed by atoms with Crippen molar-refractivity contribution in [1.29, 1.82) is 0 Å². The molecule has 2 aliphatic rings. The fraction of sp³-hybridized carbons (Fsp3) is 0.667. The number of likely N-dealkylation sites (tertiary alicyclic amines) is 2. The van der Waals surface area contributed by atoms with Crippen LogP contribution in [0.1, 0.15) is 36.2 Å². The summed E-state index contributed by atoms with van der Waals surface area (Å²) in [5.74, 6) is -0.128. The molecule has 128 valence electrons. The van der Waals surface area contributed by atoms with Gasteiger partial charge in [-0.3, -0.25) is 4.79 Å². The number of carbonyl (C=O) groups is 1. The summed E-state index contributed by atoms with van der Waals surface area (Å²) in [6.07, 6.45) is 4.22. The van der Waals surface area contributed by atoms with E-state index in [2.05, 4.69) is 16.7 Å². The standard InChI is InChI=1S/C15H23N3O4S/c1-16-23(20,21)14-8-7-13(22-14)15(19)18-10-4-6-12(18)11-5-3-9-17(11)2/h7-8,11-12,16H,3-6,9-10H2,1-2H3/t11-,12-/m1/s1. The Bertz CT molecular complexity index is 685. The zero-order valence-corrected chi connectivity index (χ0v) is 14.3. The lowest BCUT2D eigenvalue weighted by atomic mass is 10.0. The molecule has 2 atom stereocenters. The van der Waals surface area contributed by atoms with Crippen molar-refractivity contribution in [2.75, 3.05) is 27.2 Å². The van der Waals surface area contributed by atoms with Crippen molar-refractivity contribution in [1.82, 2.24) is 14.5 Å². The lowest BCUT2D eigenvalue weighted by Crippen LogP contribution is -2.47. The number of amides is 1. The van der Waals surface area contributed by atoms with Gasteiger partial charge in [-0.15, -0.1) is 0 Å². The molecule has 0 bridgehead atoms. The Morgan fingerprint density at radius 3 is 2.57 bits per heavy atom. The van der Waals surface area contributed by atoms with Crippen LogP contribution >= 0.6 is 0 Å². The third-order valence-corrected chi connectivity index (χ3v) is 6.19. The topological polar surface area (TPSA) is 82.9 Å². The van der Waals surface area contributed by atoms with E-state index in [9.17, 15) is 13.2 Å². The number of hydrogen-bond donors (Lipinski definition) is 1. The van der Waals surface area contributed by atoms with E-state index in [0.29, 0.717) is 12.6 Å². The number of furan rings is 1. The first-order valence-electron chi connectivity index (χ1n) is 7.98. The molecule has 2 aliphatic heterocycles. The SMILES string of the molecule is CNS(=O)(=O)c1ccc(C(=O)N2CCC[C@@H]2[C@H]2CCCN2C)o1. The molecular weight excluding hydrogens is 318 g/mol. The Balaban J connectivity index is 1.79. The average Bonchev–Trinajstić information content (AvgIpc) is 3.26. The van der Waals surface area contributed by atoms with E-state index >= 15 is 0 Å². The Morgan fingerprint density at radius 1 is 1.22 bits per heavy atom. The molecular formula is C15H23N3O4S. The molecule has 1 aromatic rings. The Labute approximate surface area is 136 Å². The van der Waals surface area contributed by atoms with Gasteiger partial charge in [0.25, 0.3) is 15.9 Å². The van der Waals surface area contributed by atoms with Gasteiger partial charge in [-0.25, -0.2) is 13.1 Å². The van der Waals surface area contributed by atoms with Crippen LogP contribution in [0, 0.1) is 0 Å². The summed E-state index contributed by atoms with van der Waals surface area (Å²) >= 11 is 0. The maximum Gasteiger partial charge on any atom is 0.289 e. The summed E-state index contributed by atoms with van der Waals surface area (Å²) in [5, 5.41) is -0.225. The van der Waals surface area contributed by atoms with E-state index in [1.165, 1.54) is 19.2 Å². The monoisotopic (exact) mass is 341 g/mol. The van der Waals surface area contributed by atoms with Crippen LogP contribution in [0.2, 0.25) is 0 Å². The van der Waals surface area contributed by atoms with Gasteiger partial charge < -0.3 is 14.2 Å². The molecule has 1 amide bonds. The van der Waals surface area contributed by atoms with Crippen LogP contribution in [0.15, 0.2) is 21.6 Å². The highest BCUT2D eigenvalue weighted by atomic mass is 32.2. The second-order valence-electron chi connectivity index (χ2n) is 6.22. The normalized spacial score (nSPS) is 26.1. The number of carbonyl (C=O) groups excluding carboxylic acids is 1. The van der Waals surface area contributed by atoms with E-state index in [1.807, 2.05) is 4.90 Å². The van der Waals surface area contributed by atoms with Gasteiger partial charge in [0.1, 0.15) is 0 Å². The third kappa shape index (κ3) is 3.02. The first-order chi connectivity index (χ1) is 10.9. The number of likely N-dealkylation sites (N-methyl/N-ethyl adjacent to an activating group) is 1. The highest BCUT2D eigenvalue weighted by Crippen LogP contribution is 2.30. The average molecular weight is 341 g/mol. The van der Waals surface area contributed by atoms with E-state index in [4.69, 9.17) is 4.42 Å². The summed E-state index contributed by atoms with van der Waals surface area (Å²) in [5.41, 5.74) is 0. The van der Waals surface area contributed by atoms with Crippen molar-refractivity contribution in [3.8, 4) is 0 Å². The van der Waals surface area contributed by atoms with Crippen LogP contribution in [0.3, 0.4) is 0 Å². The molecule has 2 saturated heterocycles. The molecule has 7 nitrogen and oxygen atoms in total. The van der Waals surface area contributed by atoms with Crippen molar-refractivity contribution in [2.45, 2.75) is 42.9 Å². The van der Waals surface area contributed by atoms with Crippen LogP contribution in [-0.4, -0.2) is 63.4 Å². The molecule has 8 heteroatoms.